The van der Waals surface area contributed by atoms with Crippen molar-refractivity contribution in [2.24, 2.45) is 0 Å². The zero-order valence-electron chi connectivity index (χ0n) is 15.3. The number of rotatable bonds is 2. The normalized spacial score (nSPS) is 14.0. The van der Waals surface area contributed by atoms with Gasteiger partial charge in [-0.25, -0.2) is 14.1 Å². The molecular weight excluding hydrogens is 428 g/mol. The van der Waals surface area contributed by atoms with Crippen LogP contribution < -0.4 is 11.1 Å². The van der Waals surface area contributed by atoms with Gasteiger partial charge in [-0.05, 0) is 18.9 Å². The number of nitrogens with zero attached hydrogens (tertiary/aromatic N) is 4. The van der Waals surface area contributed by atoms with Gasteiger partial charge in [0.05, 0.1) is 23.1 Å². The van der Waals surface area contributed by atoms with E-state index >= 15 is 0 Å². The van der Waals surface area contributed by atoms with Crippen LogP contribution in [0.25, 0.3) is 22.2 Å². The van der Waals surface area contributed by atoms with Gasteiger partial charge >= 0.3 is 6.18 Å². The molecule has 0 N–H and O–H groups in total. The summed E-state index contributed by atoms with van der Waals surface area (Å²) >= 11 is 6.33. The maximum absolute atomic E-state index is 14.9. The zero-order chi connectivity index (χ0) is 21.8. The standard InChI is InChI=1S/C19H13ClF4N4O2/c1-2-5-26-13-8-10(14-16(20)27-6-3-4-7-28(27)17(14)29)11(21)9-12(13)25-15(18(26)30)19(22,23)24/h1,8-9H,3-7H2. The first kappa shape index (κ1) is 20.2. The molecule has 4 rings (SSSR count). The predicted molar refractivity (Wildman–Crippen MR) is 102 cm³/mol. The van der Waals surface area contributed by atoms with Crippen LogP contribution in [0.1, 0.15) is 18.5 Å². The summed E-state index contributed by atoms with van der Waals surface area (Å²) in [7, 11) is 0. The third-order valence-electron chi connectivity index (χ3n) is 4.98. The van der Waals surface area contributed by atoms with E-state index in [0.717, 1.165) is 25.0 Å². The van der Waals surface area contributed by atoms with Crippen molar-refractivity contribution in [3.8, 4) is 23.5 Å². The predicted octanol–water partition coefficient (Wildman–Crippen LogP) is 3.27. The molecule has 156 valence electrons. The zero-order valence-corrected chi connectivity index (χ0v) is 16.0. The Morgan fingerprint density at radius 1 is 1.13 bits per heavy atom. The Morgan fingerprint density at radius 3 is 2.40 bits per heavy atom. The van der Waals surface area contributed by atoms with Crippen LogP contribution in [-0.4, -0.2) is 18.9 Å². The number of benzene rings is 1. The van der Waals surface area contributed by atoms with E-state index < -0.39 is 40.9 Å². The molecule has 0 saturated carbocycles. The van der Waals surface area contributed by atoms with Crippen molar-refractivity contribution in [2.75, 3.05) is 0 Å². The lowest BCUT2D eigenvalue weighted by Gasteiger charge is -2.17. The molecule has 1 aromatic carbocycles. The van der Waals surface area contributed by atoms with Crippen molar-refractivity contribution in [2.45, 2.75) is 38.7 Å². The van der Waals surface area contributed by atoms with E-state index in [-0.39, 0.29) is 21.8 Å². The molecule has 1 aliphatic heterocycles. The van der Waals surface area contributed by atoms with Gasteiger partial charge in [-0.2, -0.15) is 13.2 Å². The Labute approximate surface area is 171 Å². The summed E-state index contributed by atoms with van der Waals surface area (Å²) in [5.74, 6) is 1.12. The van der Waals surface area contributed by atoms with Gasteiger partial charge in [0.15, 0.2) is 0 Å². The van der Waals surface area contributed by atoms with Gasteiger partial charge in [0.25, 0.3) is 11.1 Å². The molecule has 0 saturated heterocycles. The largest absolute Gasteiger partial charge is 0.438 e. The molecule has 3 heterocycles. The topological polar surface area (TPSA) is 61.8 Å². The highest BCUT2D eigenvalue weighted by atomic mass is 35.5. The average molecular weight is 441 g/mol. The Balaban J connectivity index is 2.06. The summed E-state index contributed by atoms with van der Waals surface area (Å²) in [5, 5.41) is 0.0173. The number of alkyl halides is 3. The Morgan fingerprint density at radius 2 is 1.80 bits per heavy atom. The molecule has 0 aliphatic carbocycles. The van der Waals surface area contributed by atoms with E-state index in [9.17, 15) is 27.2 Å². The summed E-state index contributed by atoms with van der Waals surface area (Å²) in [6.07, 6.45) is 1.72. The van der Waals surface area contributed by atoms with E-state index in [1.807, 2.05) is 0 Å². The molecule has 0 radical (unpaired) electrons. The molecule has 0 atom stereocenters. The molecule has 2 aromatic heterocycles. The number of halogens is 5. The maximum atomic E-state index is 14.9. The molecule has 0 unspecified atom stereocenters. The lowest BCUT2D eigenvalue weighted by Crippen LogP contribution is -2.30. The SMILES string of the molecule is C#CCn1c(=O)c(C(F)(F)F)nc2cc(F)c(-c3c(Cl)n4n(c3=O)CCCC4)cc21. The first-order chi connectivity index (χ1) is 14.1. The molecular formula is C19H13ClF4N4O2. The highest BCUT2D eigenvalue weighted by Crippen LogP contribution is 2.33. The average Bonchev–Trinajstić information content (AvgIpc) is 2.94. The summed E-state index contributed by atoms with van der Waals surface area (Å²) in [6, 6.07) is 1.83. The Bertz CT molecular complexity index is 1340. The monoisotopic (exact) mass is 440 g/mol. The second kappa shape index (κ2) is 7.02. The van der Waals surface area contributed by atoms with Crippen LogP contribution in [0.4, 0.5) is 17.6 Å². The van der Waals surface area contributed by atoms with Gasteiger partial charge in [0.1, 0.15) is 11.0 Å². The molecule has 0 bridgehead atoms. The summed E-state index contributed by atoms with van der Waals surface area (Å²) in [6.45, 7) is 0.388. The molecule has 11 heteroatoms. The van der Waals surface area contributed by atoms with Crippen LogP contribution in [0.3, 0.4) is 0 Å². The van der Waals surface area contributed by atoms with Crippen molar-refractivity contribution in [1.29, 1.82) is 0 Å². The smallest absolute Gasteiger partial charge is 0.293 e. The minimum atomic E-state index is -5.04. The van der Waals surface area contributed by atoms with Gasteiger partial charge in [-0.3, -0.25) is 18.8 Å². The van der Waals surface area contributed by atoms with E-state index in [1.54, 1.807) is 0 Å². The van der Waals surface area contributed by atoms with Gasteiger partial charge in [0.2, 0.25) is 5.69 Å². The lowest BCUT2D eigenvalue weighted by atomic mass is 10.1. The first-order valence-corrected chi connectivity index (χ1v) is 9.27. The van der Waals surface area contributed by atoms with Crippen LogP contribution in [0.2, 0.25) is 5.15 Å². The first-order valence-electron chi connectivity index (χ1n) is 8.89. The number of terminal acetylenes is 1. The van der Waals surface area contributed by atoms with Gasteiger partial charge < -0.3 is 0 Å². The number of hydrogen-bond donors (Lipinski definition) is 0. The minimum absolute atomic E-state index is 0.0173. The molecule has 30 heavy (non-hydrogen) atoms. The van der Waals surface area contributed by atoms with Crippen LogP contribution in [0.5, 0.6) is 0 Å². The van der Waals surface area contributed by atoms with Gasteiger partial charge in [-0.15, -0.1) is 6.42 Å². The van der Waals surface area contributed by atoms with E-state index in [1.165, 1.54) is 9.36 Å². The third kappa shape index (κ3) is 3.01. The summed E-state index contributed by atoms with van der Waals surface area (Å²) in [4.78, 5) is 28.5. The number of aromatic nitrogens is 4. The molecule has 6 nitrogen and oxygen atoms in total. The van der Waals surface area contributed by atoms with Crippen LogP contribution in [0.15, 0.2) is 21.7 Å². The minimum Gasteiger partial charge on any atom is -0.293 e. The van der Waals surface area contributed by atoms with Crippen molar-refractivity contribution in [3.05, 3.63) is 49.5 Å². The summed E-state index contributed by atoms with van der Waals surface area (Å²) in [5.41, 5.74) is -4.59. The van der Waals surface area contributed by atoms with Crippen molar-refractivity contribution in [3.63, 3.8) is 0 Å². The highest BCUT2D eigenvalue weighted by Gasteiger charge is 2.37. The van der Waals surface area contributed by atoms with E-state index in [2.05, 4.69) is 10.9 Å². The van der Waals surface area contributed by atoms with E-state index in [0.29, 0.717) is 17.7 Å². The second-order valence-electron chi connectivity index (χ2n) is 6.80. The van der Waals surface area contributed by atoms with Crippen LogP contribution in [0, 0.1) is 18.2 Å². The van der Waals surface area contributed by atoms with E-state index in [4.69, 9.17) is 18.0 Å². The fourth-order valence-corrected chi connectivity index (χ4v) is 4.00. The fourth-order valence-electron chi connectivity index (χ4n) is 3.64. The molecule has 1 aliphatic rings. The van der Waals surface area contributed by atoms with Gasteiger partial charge in [-0.1, -0.05) is 17.5 Å². The second-order valence-corrected chi connectivity index (χ2v) is 7.16. The Kier molecular flexibility index (Phi) is 4.73. The number of hydrogen-bond acceptors (Lipinski definition) is 3. The van der Waals surface area contributed by atoms with Gasteiger partial charge in [0, 0.05) is 24.7 Å². The molecule has 0 spiro atoms. The summed E-state index contributed by atoms with van der Waals surface area (Å²) < 4.78 is 58.1. The van der Waals surface area contributed by atoms with Crippen molar-refractivity contribution in [1.82, 2.24) is 18.9 Å². The fraction of sp³-hybridized carbons (Fsp3) is 0.316. The molecule has 3 aromatic rings. The molecule has 0 amide bonds. The highest BCUT2D eigenvalue weighted by molar-refractivity contribution is 6.32. The molecule has 0 fully saturated rings. The third-order valence-corrected chi connectivity index (χ3v) is 5.37. The quantitative estimate of drug-likeness (QED) is 0.454. The lowest BCUT2D eigenvalue weighted by molar-refractivity contribution is -0.142. The Hall–Kier alpha value is -3.06. The number of fused-ring (bicyclic) bond motifs is 2. The van der Waals surface area contributed by atoms with Crippen LogP contribution >= 0.6 is 11.6 Å². The maximum Gasteiger partial charge on any atom is 0.438 e. The van der Waals surface area contributed by atoms with Crippen molar-refractivity contribution < 1.29 is 17.6 Å². The van der Waals surface area contributed by atoms with Crippen molar-refractivity contribution >= 4 is 22.6 Å². The van der Waals surface area contributed by atoms with Crippen LogP contribution in [-0.2, 0) is 25.8 Å².